The first-order valence-electron chi connectivity index (χ1n) is 8.47. The summed E-state index contributed by atoms with van der Waals surface area (Å²) >= 11 is 0. The standard InChI is InChI=1S/C17H24N4O2/c1-4-13-14(10-18)16(20-19-15(13)5-2)21-8-6-17(7-9-21)22-11-12(3)23-17/h12H,4-9,11H2,1-3H3/t12-/m0/s1. The third kappa shape index (κ3) is 2.91. The molecule has 0 unspecified atom stereocenters. The summed E-state index contributed by atoms with van der Waals surface area (Å²) in [4.78, 5) is 2.14. The summed E-state index contributed by atoms with van der Waals surface area (Å²) in [5, 5.41) is 18.3. The van der Waals surface area contributed by atoms with Crippen molar-refractivity contribution in [3.8, 4) is 6.07 Å². The maximum Gasteiger partial charge on any atom is 0.172 e. The first-order chi connectivity index (χ1) is 11.1. The lowest BCUT2D eigenvalue weighted by Crippen LogP contribution is -2.46. The van der Waals surface area contributed by atoms with Gasteiger partial charge in [-0.25, -0.2) is 0 Å². The first kappa shape index (κ1) is 16.2. The second-order valence-corrected chi connectivity index (χ2v) is 6.28. The van der Waals surface area contributed by atoms with Crippen LogP contribution in [0.2, 0.25) is 0 Å². The highest BCUT2D eigenvalue weighted by Crippen LogP contribution is 2.36. The largest absolute Gasteiger partial charge is 0.354 e. The minimum atomic E-state index is -0.437. The summed E-state index contributed by atoms with van der Waals surface area (Å²) in [5.41, 5.74) is 2.64. The minimum absolute atomic E-state index is 0.159. The lowest BCUT2D eigenvalue weighted by molar-refractivity contribution is -0.178. The average Bonchev–Trinajstić information content (AvgIpc) is 2.94. The summed E-state index contributed by atoms with van der Waals surface area (Å²) in [6.07, 6.45) is 3.35. The Morgan fingerprint density at radius 1 is 1.26 bits per heavy atom. The van der Waals surface area contributed by atoms with Crippen LogP contribution in [0.5, 0.6) is 0 Å². The summed E-state index contributed by atoms with van der Waals surface area (Å²) in [7, 11) is 0. The van der Waals surface area contributed by atoms with Crippen LogP contribution >= 0.6 is 0 Å². The lowest BCUT2D eigenvalue weighted by Gasteiger charge is -2.38. The maximum absolute atomic E-state index is 9.63. The van der Waals surface area contributed by atoms with Crippen molar-refractivity contribution in [2.24, 2.45) is 0 Å². The van der Waals surface area contributed by atoms with Crippen LogP contribution in [-0.4, -0.2) is 41.8 Å². The highest BCUT2D eigenvalue weighted by molar-refractivity contribution is 5.58. The van der Waals surface area contributed by atoms with Gasteiger partial charge in [-0.15, -0.1) is 5.10 Å². The van der Waals surface area contributed by atoms with Gasteiger partial charge in [0.1, 0.15) is 11.6 Å². The second kappa shape index (κ2) is 6.42. The van der Waals surface area contributed by atoms with Gasteiger partial charge < -0.3 is 14.4 Å². The summed E-state index contributed by atoms with van der Waals surface area (Å²) in [6.45, 7) is 8.35. The number of hydrogen-bond acceptors (Lipinski definition) is 6. The minimum Gasteiger partial charge on any atom is -0.354 e. The third-order valence-electron chi connectivity index (χ3n) is 4.76. The fourth-order valence-corrected chi connectivity index (χ4v) is 3.53. The molecular weight excluding hydrogens is 292 g/mol. The van der Waals surface area contributed by atoms with E-state index in [-0.39, 0.29) is 6.10 Å². The second-order valence-electron chi connectivity index (χ2n) is 6.28. The van der Waals surface area contributed by atoms with E-state index in [9.17, 15) is 5.26 Å². The molecule has 1 aromatic heterocycles. The molecule has 0 radical (unpaired) electrons. The molecule has 0 amide bonds. The van der Waals surface area contributed by atoms with Crippen molar-refractivity contribution in [1.82, 2.24) is 10.2 Å². The SMILES string of the molecule is CCc1nnc(N2CCC3(CC2)OC[C@H](C)O3)c(C#N)c1CC. The van der Waals surface area contributed by atoms with Crippen LogP contribution in [0.15, 0.2) is 0 Å². The Labute approximate surface area is 137 Å². The summed E-state index contributed by atoms with van der Waals surface area (Å²) in [6, 6.07) is 2.35. The predicted molar refractivity (Wildman–Crippen MR) is 86.2 cm³/mol. The fraction of sp³-hybridized carbons (Fsp3) is 0.706. The van der Waals surface area contributed by atoms with Crippen molar-refractivity contribution in [2.45, 2.75) is 58.3 Å². The van der Waals surface area contributed by atoms with Crippen LogP contribution in [0, 0.1) is 11.3 Å². The van der Waals surface area contributed by atoms with Crippen LogP contribution in [0.4, 0.5) is 5.82 Å². The van der Waals surface area contributed by atoms with E-state index in [0.29, 0.717) is 18.0 Å². The van der Waals surface area contributed by atoms with E-state index in [1.54, 1.807) is 0 Å². The van der Waals surface area contributed by atoms with Crippen molar-refractivity contribution in [1.29, 1.82) is 5.26 Å². The number of hydrogen-bond donors (Lipinski definition) is 0. The highest BCUT2D eigenvalue weighted by atomic mass is 16.7. The zero-order valence-electron chi connectivity index (χ0n) is 14.1. The van der Waals surface area contributed by atoms with Gasteiger partial charge in [0.15, 0.2) is 11.6 Å². The van der Waals surface area contributed by atoms with Crippen molar-refractivity contribution in [2.75, 3.05) is 24.6 Å². The molecule has 2 aliphatic heterocycles. The molecular formula is C17H24N4O2. The van der Waals surface area contributed by atoms with E-state index >= 15 is 0 Å². The van der Waals surface area contributed by atoms with E-state index in [0.717, 1.165) is 50.0 Å². The monoisotopic (exact) mass is 316 g/mol. The van der Waals surface area contributed by atoms with Gasteiger partial charge in [0.25, 0.3) is 0 Å². The Balaban J connectivity index is 1.82. The number of piperidine rings is 1. The number of aromatic nitrogens is 2. The number of anilines is 1. The molecule has 1 aromatic rings. The number of nitrogens with zero attached hydrogens (tertiary/aromatic N) is 4. The number of rotatable bonds is 3. The van der Waals surface area contributed by atoms with Gasteiger partial charge in [0.2, 0.25) is 0 Å². The lowest BCUT2D eigenvalue weighted by atomic mass is 10.0. The fourth-order valence-electron chi connectivity index (χ4n) is 3.53. The van der Waals surface area contributed by atoms with Crippen molar-refractivity contribution >= 4 is 5.82 Å². The van der Waals surface area contributed by atoms with Crippen LogP contribution in [-0.2, 0) is 22.3 Å². The third-order valence-corrected chi connectivity index (χ3v) is 4.76. The van der Waals surface area contributed by atoms with Gasteiger partial charge in [0.05, 0.1) is 18.4 Å². The predicted octanol–water partition coefficient (Wildman–Crippen LogP) is 2.20. The molecule has 1 spiro atoms. The van der Waals surface area contributed by atoms with Crippen molar-refractivity contribution in [3.63, 3.8) is 0 Å². The Kier molecular flexibility index (Phi) is 4.51. The molecule has 0 bridgehead atoms. The molecule has 23 heavy (non-hydrogen) atoms. The topological polar surface area (TPSA) is 71.3 Å². The molecule has 124 valence electrons. The molecule has 0 aliphatic carbocycles. The van der Waals surface area contributed by atoms with Gasteiger partial charge in [0, 0.05) is 25.9 Å². The van der Waals surface area contributed by atoms with Gasteiger partial charge >= 0.3 is 0 Å². The van der Waals surface area contributed by atoms with Gasteiger partial charge in [-0.05, 0) is 25.3 Å². The normalized spacial score (nSPS) is 23.2. The van der Waals surface area contributed by atoms with Gasteiger partial charge in [-0.3, -0.25) is 0 Å². The molecule has 2 fully saturated rings. The van der Waals surface area contributed by atoms with Crippen LogP contribution in [0.1, 0.15) is 50.4 Å². The quantitative estimate of drug-likeness (QED) is 0.851. The molecule has 0 aromatic carbocycles. The molecule has 3 rings (SSSR count). The van der Waals surface area contributed by atoms with Gasteiger partial charge in [-0.2, -0.15) is 10.4 Å². The molecule has 6 nitrogen and oxygen atoms in total. The molecule has 6 heteroatoms. The molecule has 1 atom stereocenters. The zero-order valence-corrected chi connectivity index (χ0v) is 14.1. The van der Waals surface area contributed by atoms with Crippen molar-refractivity contribution in [3.05, 3.63) is 16.8 Å². The van der Waals surface area contributed by atoms with E-state index in [1.165, 1.54) is 0 Å². The van der Waals surface area contributed by atoms with E-state index in [4.69, 9.17) is 9.47 Å². The highest BCUT2D eigenvalue weighted by Gasteiger charge is 2.43. The summed E-state index contributed by atoms with van der Waals surface area (Å²) < 4.78 is 11.8. The number of ether oxygens (including phenoxy) is 2. The Hall–Kier alpha value is -1.71. The van der Waals surface area contributed by atoms with E-state index in [1.807, 2.05) is 13.8 Å². The van der Waals surface area contributed by atoms with Crippen LogP contribution in [0.25, 0.3) is 0 Å². The Morgan fingerprint density at radius 3 is 2.52 bits per heavy atom. The van der Waals surface area contributed by atoms with Crippen LogP contribution in [0.3, 0.4) is 0 Å². The zero-order chi connectivity index (χ0) is 16.4. The van der Waals surface area contributed by atoms with Crippen molar-refractivity contribution < 1.29 is 9.47 Å². The molecule has 0 N–H and O–H groups in total. The smallest absolute Gasteiger partial charge is 0.172 e. The number of nitriles is 1. The molecule has 2 aliphatic rings. The van der Waals surface area contributed by atoms with Gasteiger partial charge in [-0.1, -0.05) is 13.8 Å². The first-order valence-corrected chi connectivity index (χ1v) is 8.47. The van der Waals surface area contributed by atoms with Crippen LogP contribution < -0.4 is 4.90 Å². The summed E-state index contributed by atoms with van der Waals surface area (Å²) in [5.74, 6) is 0.273. The van der Waals surface area contributed by atoms with E-state index < -0.39 is 5.79 Å². The maximum atomic E-state index is 9.63. The molecule has 3 heterocycles. The Morgan fingerprint density at radius 2 is 2.00 bits per heavy atom. The molecule has 2 saturated heterocycles. The molecule has 0 saturated carbocycles. The average molecular weight is 316 g/mol. The Bertz CT molecular complexity index is 618. The number of aryl methyl sites for hydroxylation is 1. The van der Waals surface area contributed by atoms with E-state index in [2.05, 4.69) is 28.1 Å².